The fraction of sp³-hybridized carbons (Fsp3) is 0.714. The second kappa shape index (κ2) is 7.27. The van der Waals surface area contributed by atoms with Gasteiger partial charge in [-0.1, -0.05) is 13.8 Å². The first kappa shape index (κ1) is 16.5. The molecule has 0 amide bonds. The highest BCUT2D eigenvalue weighted by molar-refractivity contribution is 5.50. The summed E-state index contributed by atoms with van der Waals surface area (Å²) in [5, 5.41) is 25.9. The number of likely N-dealkylation sites (N-methyl/N-ethyl adjacent to an activating group) is 1. The number of aromatic amines is 1. The molecule has 0 fully saturated rings. The first-order valence-electron chi connectivity index (χ1n) is 7.09. The molecule has 0 radical (unpaired) electrons. The first-order valence-corrected chi connectivity index (χ1v) is 7.09. The van der Waals surface area contributed by atoms with Gasteiger partial charge in [0.2, 0.25) is 0 Å². The largest absolute Gasteiger partial charge is 0.389 e. The van der Waals surface area contributed by atoms with Crippen molar-refractivity contribution in [2.24, 2.45) is 0 Å². The van der Waals surface area contributed by atoms with E-state index in [-0.39, 0.29) is 5.82 Å². The molecule has 0 aliphatic carbocycles. The molecule has 6 heteroatoms. The monoisotopic (exact) mass is 279 g/mol. The summed E-state index contributed by atoms with van der Waals surface area (Å²) in [5.74, 6) is 0.266. The fourth-order valence-electron chi connectivity index (χ4n) is 2.28. The van der Waals surface area contributed by atoms with E-state index >= 15 is 0 Å². The molecule has 0 aromatic carbocycles. The van der Waals surface area contributed by atoms with Crippen LogP contribution in [0.3, 0.4) is 0 Å². The zero-order valence-corrected chi connectivity index (χ0v) is 12.6. The Morgan fingerprint density at radius 1 is 1.45 bits per heavy atom. The molecule has 1 rings (SSSR count). The highest BCUT2D eigenvalue weighted by atomic mass is 16.3. The molecule has 0 atom stereocenters. The van der Waals surface area contributed by atoms with Gasteiger partial charge in [0.25, 0.3) is 0 Å². The van der Waals surface area contributed by atoms with Gasteiger partial charge in [0.15, 0.2) is 5.82 Å². The molecule has 0 unspecified atom stereocenters. The maximum atomic E-state index is 10.3. The van der Waals surface area contributed by atoms with Crippen molar-refractivity contribution in [2.45, 2.75) is 45.1 Å². The van der Waals surface area contributed by atoms with Gasteiger partial charge < -0.3 is 15.7 Å². The number of anilines is 1. The minimum Gasteiger partial charge on any atom is -0.389 e. The predicted octanol–water partition coefficient (Wildman–Crippen LogP) is 1.28. The number of nitrogens with zero attached hydrogens (tertiary/aromatic N) is 3. The van der Waals surface area contributed by atoms with E-state index in [0.717, 1.165) is 37.9 Å². The number of hydrogen-bond donors (Lipinski definition) is 3. The minimum atomic E-state index is -0.606. The molecule has 1 heterocycles. The van der Waals surface area contributed by atoms with E-state index in [9.17, 15) is 5.11 Å². The molecule has 1 aromatic heterocycles. The quantitative estimate of drug-likeness (QED) is 0.665. The van der Waals surface area contributed by atoms with E-state index in [1.807, 2.05) is 20.9 Å². The summed E-state index contributed by atoms with van der Waals surface area (Å²) >= 11 is 0. The van der Waals surface area contributed by atoms with Gasteiger partial charge in [-0.15, -0.1) is 0 Å². The number of nitrogen functional groups attached to an aromatic ring is 1. The van der Waals surface area contributed by atoms with Gasteiger partial charge >= 0.3 is 0 Å². The smallest absolute Gasteiger partial charge is 0.163 e. The molecular weight excluding hydrogens is 254 g/mol. The Kier molecular flexibility index (Phi) is 5.99. The van der Waals surface area contributed by atoms with E-state index in [0.29, 0.717) is 12.1 Å². The first-order chi connectivity index (χ1) is 9.45. The molecule has 1 aromatic rings. The summed E-state index contributed by atoms with van der Waals surface area (Å²) in [6.45, 7) is 5.52. The summed E-state index contributed by atoms with van der Waals surface area (Å²) in [6.07, 6.45) is 3.12. The fourth-order valence-corrected chi connectivity index (χ4v) is 2.28. The molecular formula is C14H25N5O. The third-order valence-corrected chi connectivity index (χ3v) is 3.83. The van der Waals surface area contributed by atoms with Crippen LogP contribution in [0, 0.1) is 11.3 Å². The summed E-state index contributed by atoms with van der Waals surface area (Å²) in [6, 6.07) is 2.07. The van der Waals surface area contributed by atoms with Gasteiger partial charge in [0.05, 0.1) is 11.3 Å². The highest BCUT2D eigenvalue weighted by Crippen LogP contribution is 2.17. The van der Waals surface area contributed by atoms with Crippen LogP contribution in [0.15, 0.2) is 0 Å². The van der Waals surface area contributed by atoms with Gasteiger partial charge in [-0.3, -0.25) is 5.10 Å². The lowest BCUT2D eigenvalue weighted by Gasteiger charge is -2.30. The normalized spacial score (nSPS) is 11.8. The van der Waals surface area contributed by atoms with Crippen LogP contribution >= 0.6 is 0 Å². The number of nitriles is 1. The standard InChI is InChI=1S/C14H25N5O/c1-4-14(20,5-2)10-19(3)8-6-7-12-11(9-15)13(16)18-17-12/h20H,4-8,10H2,1-3H3,(H3,16,17,18). The van der Waals surface area contributed by atoms with E-state index < -0.39 is 5.60 Å². The van der Waals surface area contributed by atoms with Crippen LogP contribution in [0.5, 0.6) is 0 Å². The van der Waals surface area contributed by atoms with E-state index in [2.05, 4.69) is 21.2 Å². The second-order valence-electron chi connectivity index (χ2n) is 5.35. The second-order valence-corrected chi connectivity index (χ2v) is 5.35. The Hall–Kier alpha value is -1.58. The number of aryl methyl sites for hydroxylation is 1. The van der Waals surface area contributed by atoms with Crippen molar-refractivity contribution >= 4 is 5.82 Å². The van der Waals surface area contributed by atoms with Crippen molar-refractivity contribution in [3.05, 3.63) is 11.3 Å². The summed E-state index contributed by atoms with van der Waals surface area (Å²) in [5.41, 5.74) is 6.23. The zero-order valence-electron chi connectivity index (χ0n) is 12.6. The van der Waals surface area contributed by atoms with Gasteiger partial charge in [0.1, 0.15) is 11.6 Å². The van der Waals surface area contributed by atoms with Gasteiger partial charge in [-0.05, 0) is 39.3 Å². The molecule has 0 bridgehead atoms. The molecule has 0 saturated heterocycles. The Morgan fingerprint density at radius 3 is 2.65 bits per heavy atom. The lowest BCUT2D eigenvalue weighted by molar-refractivity contribution is 0.00292. The van der Waals surface area contributed by atoms with Crippen molar-refractivity contribution < 1.29 is 5.11 Å². The van der Waals surface area contributed by atoms with Gasteiger partial charge in [-0.2, -0.15) is 10.4 Å². The van der Waals surface area contributed by atoms with Gasteiger partial charge in [0, 0.05) is 6.54 Å². The van der Waals surface area contributed by atoms with Crippen molar-refractivity contribution in [1.29, 1.82) is 5.26 Å². The molecule has 0 aliphatic heterocycles. The van der Waals surface area contributed by atoms with Crippen LogP contribution in [0.1, 0.15) is 44.4 Å². The third kappa shape index (κ3) is 4.22. The van der Waals surface area contributed by atoms with Crippen LogP contribution < -0.4 is 5.73 Å². The number of H-pyrrole nitrogens is 1. The predicted molar refractivity (Wildman–Crippen MR) is 79.1 cm³/mol. The summed E-state index contributed by atoms with van der Waals surface area (Å²) in [4.78, 5) is 2.12. The van der Waals surface area contributed by atoms with Gasteiger partial charge in [-0.25, -0.2) is 0 Å². The number of hydrogen-bond acceptors (Lipinski definition) is 5. The highest BCUT2D eigenvalue weighted by Gasteiger charge is 2.23. The van der Waals surface area contributed by atoms with Crippen LogP contribution in [0.4, 0.5) is 5.82 Å². The third-order valence-electron chi connectivity index (χ3n) is 3.83. The van der Waals surface area contributed by atoms with E-state index in [1.54, 1.807) is 0 Å². The topological polar surface area (TPSA) is 102 Å². The average molecular weight is 279 g/mol. The summed E-state index contributed by atoms with van der Waals surface area (Å²) < 4.78 is 0. The lowest BCUT2D eigenvalue weighted by atomic mass is 9.97. The lowest BCUT2D eigenvalue weighted by Crippen LogP contribution is -2.40. The number of aromatic nitrogens is 2. The average Bonchev–Trinajstić information content (AvgIpc) is 2.79. The number of nitrogens with one attached hydrogen (secondary N) is 1. The molecule has 0 spiro atoms. The number of rotatable bonds is 8. The van der Waals surface area contributed by atoms with Crippen molar-refractivity contribution in [1.82, 2.24) is 15.1 Å². The van der Waals surface area contributed by atoms with Crippen LogP contribution in [-0.2, 0) is 6.42 Å². The maximum absolute atomic E-state index is 10.3. The van der Waals surface area contributed by atoms with Crippen LogP contribution in [0.25, 0.3) is 0 Å². The van der Waals surface area contributed by atoms with Crippen molar-refractivity contribution in [3.8, 4) is 6.07 Å². The molecule has 4 N–H and O–H groups in total. The van der Waals surface area contributed by atoms with E-state index in [4.69, 9.17) is 11.0 Å². The summed E-state index contributed by atoms with van der Waals surface area (Å²) in [7, 11) is 2.00. The zero-order chi connectivity index (χ0) is 15.2. The Bertz CT molecular complexity index is 459. The van der Waals surface area contributed by atoms with Crippen molar-refractivity contribution in [2.75, 3.05) is 25.9 Å². The molecule has 20 heavy (non-hydrogen) atoms. The molecule has 0 aliphatic rings. The van der Waals surface area contributed by atoms with Crippen molar-refractivity contribution in [3.63, 3.8) is 0 Å². The number of nitrogens with two attached hydrogens (primary N) is 1. The SMILES string of the molecule is CCC(O)(CC)CN(C)CCCc1[nH]nc(N)c1C#N. The van der Waals surface area contributed by atoms with Crippen LogP contribution in [-0.4, -0.2) is 45.9 Å². The Balaban J connectivity index is 2.43. The van der Waals surface area contributed by atoms with Crippen LogP contribution in [0.2, 0.25) is 0 Å². The molecule has 112 valence electrons. The Labute approximate surface area is 120 Å². The van der Waals surface area contributed by atoms with E-state index in [1.165, 1.54) is 0 Å². The Morgan fingerprint density at radius 2 is 2.10 bits per heavy atom. The number of aliphatic hydroxyl groups is 1. The minimum absolute atomic E-state index is 0.266. The maximum Gasteiger partial charge on any atom is 0.163 e. The molecule has 0 saturated carbocycles. The molecule has 6 nitrogen and oxygen atoms in total.